The van der Waals surface area contributed by atoms with Gasteiger partial charge in [-0.25, -0.2) is 13.2 Å². The van der Waals surface area contributed by atoms with Gasteiger partial charge in [0.2, 0.25) is 0 Å². The summed E-state index contributed by atoms with van der Waals surface area (Å²) < 4.78 is 71.5. The average Bonchev–Trinajstić information content (AvgIpc) is 2.73. The van der Waals surface area contributed by atoms with E-state index in [9.17, 15) is 31.5 Å². The van der Waals surface area contributed by atoms with Crippen LogP contribution < -0.4 is 4.74 Å². The normalized spacial score (nSPS) is 11.9. The van der Waals surface area contributed by atoms with Crippen molar-refractivity contribution < 1.29 is 36.2 Å². The van der Waals surface area contributed by atoms with Gasteiger partial charge in [0.05, 0.1) is 24.0 Å². The topological polar surface area (TPSA) is 80.7 Å². The van der Waals surface area contributed by atoms with Gasteiger partial charge in [-0.2, -0.15) is 13.2 Å². The summed E-state index contributed by atoms with van der Waals surface area (Å²) in [4.78, 5) is 10.9. The van der Waals surface area contributed by atoms with Gasteiger partial charge in [-0.05, 0) is 47.5 Å². The first kappa shape index (κ1) is 23.6. The monoisotopic (exact) mass is 484 g/mol. The van der Waals surface area contributed by atoms with E-state index in [-0.39, 0.29) is 27.5 Å². The van der Waals surface area contributed by atoms with E-state index in [1.807, 2.05) is 0 Å². The average molecular weight is 485 g/mol. The quantitative estimate of drug-likeness (QED) is 0.485. The molecule has 0 aliphatic carbocycles. The highest BCUT2D eigenvalue weighted by atomic mass is 35.5. The SMILES string of the molecule is COc1ccc(C(=O)O)cc1S(=O)(=O)Cc1cc(C(F)(F)F)ccc1-c1ccccc1Cl. The molecule has 0 fully saturated rings. The van der Waals surface area contributed by atoms with Crippen LogP contribution in [0.15, 0.2) is 65.6 Å². The summed E-state index contributed by atoms with van der Waals surface area (Å²) in [6.45, 7) is 0. The summed E-state index contributed by atoms with van der Waals surface area (Å²) >= 11 is 6.20. The number of carboxylic acid groups (broad SMARTS) is 1. The minimum atomic E-state index is -4.70. The number of aromatic carboxylic acids is 1. The molecule has 10 heteroatoms. The molecule has 0 bridgehead atoms. The molecule has 0 atom stereocenters. The van der Waals surface area contributed by atoms with Gasteiger partial charge in [0.25, 0.3) is 0 Å². The molecule has 0 spiro atoms. The minimum absolute atomic E-state index is 0.124. The summed E-state index contributed by atoms with van der Waals surface area (Å²) in [7, 11) is -3.11. The van der Waals surface area contributed by atoms with Gasteiger partial charge in [-0.1, -0.05) is 35.9 Å². The number of halogens is 4. The van der Waals surface area contributed by atoms with Crippen LogP contribution in [0.1, 0.15) is 21.5 Å². The van der Waals surface area contributed by atoms with Crippen LogP contribution >= 0.6 is 11.6 Å². The molecule has 0 aromatic heterocycles. The van der Waals surface area contributed by atoms with Crippen molar-refractivity contribution in [3.63, 3.8) is 0 Å². The van der Waals surface area contributed by atoms with E-state index < -0.39 is 38.2 Å². The third-order valence-corrected chi connectivity index (χ3v) is 6.70. The van der Waals surface area contributed by atoms with Crippen molar-refractivity contribution in [1.29, 1.82) is 0 Å². The number of ether oxygens (including phenoxy) is 1. The zero-order valence-corrected chi connectivity index (χ0v) is 18.1. The minimum Gasteiger partial charge on any atom is -0.495 e. The molecule has 0 aliphatic rings. The van der Waals surface area contributed by atoms with E-state index in [2.05, 4.69) is 0 Å². The number of hydrogen-bond acceptors (Lipinski definition) is 4. The fourth-order valence-corrected chi connectivity index (χ4v) is 4.97. The number of alkyl halides is 3. The molecule has 3 aromatic carbocycles. The Kier molecular flexibility index (Phi) is 6.52. The Bertz CT molecular complexity index is 1290. The molecule has 0 radical (unpaired) electrons. The standard InChI is InChI=1S/C22H16ClF3O5S/c1-31-19-9-6-13(21(27)28)11-20(19)32(29,30)12-14-10-15(22(24,25)26)7-8-16(14)17-4-2-3-5-18(17)23/h2-11H,12H2,1H3,(H,27,28). The number of rotatable bonds is 6. The Hall–Kier alpha value is -3.04. The van der Waals surface area contributed by atoms with E-state index in [0.29, 0.717) is 5.56 Å². The van der Waals surface area contributed by atoms with Crippen molar-refractivity contribution in [3.8, 4) is 16.9 Å². The largest absolute Gasteiger partial charge is 0.495 e. The molecule has 0 unspecified atom stereocenters. The maximum Gasteiger partial charge on any atom is 0.416 e. The second-order valence-electron chi connectivity index (χ2n) is 6.78. The molecule has 0 saturated heterocycles. The fraction of sp³-hybridized carbons (Fsp3) is 0.136. The summed E-state index contributed by atoms with van der Waals surface area (Å²) in [6, 6.07) is 12.4. The summed E-state index contributed by atoms with van der Waals surface area (Å²) in [6.07, 6.45) is -4.70. The molecule has 0 aliphatic heterocycles. The van der Waals surface area contributed by atoms with Crippen LogP contribution in [-0.4, -0.2) is 26.6 Å². The highest BCUT2D eigenvalue weighted by molar-refractivity contribution is 7.90. The van der Waals surface area contributed by atoms with E-state index >= 15 is 0 Å². The van der Waals surface area contributed by atoms with Crippen LogP contribution in [0.2, 0.25) is 5.02 Å². The number of sulfone groups is 1. The highest BCUT2D eigenvalue weighted by Gasteiger charge is 2.32. The van der Waals surface area contributed by atoms with E-state index in [1.165, 1.54) is 31.4 Å². The predicted molar refractivity (Wildman–Crippen MR) is 113 cm³/mol. The molecule has 3 aromatic rings. The molecule has 0 amide bonds. The molecule has 3 rings (SSSR count). The van der Waals surface area contributed by atoms with Crippen LogP contribution in [0.5, 0.6) is 5.75 Å². The molecule has 1 N–H and O–H groups in total. The number of carbonyl (C=O) groups is 1. The van der Waals surface area contributed by atoms with E-state index in [1.54, 1.807) is 18.2 Å². The van der Waals surface area contributed by atoms with E-state index in [0.717, 1.165) is 18.2 Å². The van der Waals surface area contributed by atoms with Crippen LogP contribution in [-0.2, 0) is 21.8 Å². The van der Waals surface area contributed by atoms with Gasteiger partial charge in [-0.3, -0.25) is 0 Å². The van der Waals surface area contributed by atoms with Gasteiger partial charge < -0.3 is 9.84 Å². The second-order valence-corrected chi connectivity index (χ2v) is 9.14. The number of benzene rings is 3. The fourth-order valence-electron chi connectivity index (χ4n) is 3.17. The Morgan fingerprint density at radius 2 is 1.72 bits per heavy atom. The Morgan fingerprint density at radius 3 is 2.31 bits per heavy atom. The van der Waals surface area contributed by atoms with Gasteiger partial charge >= 0.3 is 12.1 Å². The lowest BCUT2D eigenvalue weighted by Crippen LogP contribution is -2.11. The summed E-state index contributed by atoms with van der Waals surface area (Å²) in [5, 5.41) is 9.44. The number of hydrogen-bond donors (Lipinski definition) is 1. The molecule has 32 heavy (non-hydrogen) atoms. The third kappa shape index (κ3) is 4.89. The lowest BCUT2D eigenvalue weighted by Gasteiger charge is -2.16. The molecular formula is C22H16ClF3O5S. The van der Waals surface area contributed by atoms with Crippen molar-refractivity contribution in [2.24, 2.45) is 0 Å². The van der Waals surface area contributed by atoms with Gasteiger partial charge in [-0.15, -0.1) is 0 Å². The Balaban J connectivity index is 2.20. The first-order chi connectivity index (χ1) is 14.9. The first-order valence-corrected chi connectivity index (χ1v) is 11.1. The second kappa shape index (κ2) is 8.84. The Labute approximate surface area is 186 Å². The van der Waals surface area contributed by atoms with Crippen LogP contribution in [0.25, 0.3) is 11.1 Å². The molecule has 0 heterocycles. The van der Waals surface area contributed by atoms with E-state index in [4.69, 9.17) is 16.3 Å². The highest BCUT2D eigenvalue weighted by Crippen LogP contribution is 2.38. The van der Waals surface area contributed by atoms with Gasteiger partial charge in [0.15, 0.2) is 9.84 Å². The lowest BCUT2D eigenvalue weighted by molar-refractivity contribution is -0.137. The molecular weight excluding hydrogens is 469 g/mol. The van der Waals surface area contributed by atoms with Crippen molar-refractivity contribution in [1.82, 2.24) is 0 Å². The summed E-state index contributed by atoms with van der Waals surface area (Å²) in [5.41, 5.74) is -0.903. The smallest absolute Gasteiger partial charge is 0.416 e. The third-order valence-electron chi connectivity index (χ3n) is 4.69. The van der Waals surface area contributed by atoms with Crippen molar-refractivity contribution in [2.75, 3.05) is 7.11 Å². The number of carboxylic acids is 1. The predicted octanol–water partition coefficient (Wildman–Crippen LogP) is 5.71. The maximum absolute atomic E-state index is 13.3. The van der Waals surface area contributed by atoms with Crippen molar-refractivity contribution >= 4 is 27.4 Å². The molecule has 0 saturated carbocycles. The zero-order valence-electron chi connectivity index (χ0n) is 16.5. The van der Waals surface area contributed by atoms with Crippen LogP contribution in [0, 0.1) is 0 Å². The number of methoxy groups -OCH3 is 1. The van der Waals surface area contributed by atoms with Crippen molar-refractivity contribution in [3.05, 3.63) is 82.4 Å². The van der Waals surface area contributed by atoms with Crippen molar-refractivity contribution in [2.45, 2.75) is 16.8 Å². The van der Waals surface area contributed by atoms with Gasteiger partial charge in [0.1, 0.15) is 10.6 Å². The van der Waals surface area contributed by atoms with Crippen LogP contribution in [0.4, 0.5) is 13.2 Å². The maximum atomic E-state index is 13.3. The zero-order chi connectivity index (χ0) is 23.7. The Morgan fingerprint density at radius 1 is 1.03 bits per heavy atom. The summed E-state index contributed by atoms with van der Waals surface area (Å²) in [5.74, 6) is -2.32. The molecule has 168 valence electrons. The van der Waals surface area contributed by atoms with Crippen LogP contribution in [0.3, 0.4) is 0 Å². The van der Waals surface area contributed by atoms with Gasteiger partial charge in [0, 0.05) is 10.6 Å². The lowest BCUT2D eigenvalue weighted by atomic mass is 9.98. The molecule has 5 nitrogen and oxygen atoms in total. The first-order valence-electron chi connectivity index (χ1n) is 9.03.